The summed E-state index contributed by atoms with van der Waals surface area (Å²) in [5.74, 6) is 2.09. The number of nitrogens with zero attached hydrogens (tertiary/aromatic N) is 6. The zero-order chi connectivity index (χ0) is 56.9. The van der Waals surface area contributed by atoms with Crippen molar-refractivity contribution in [2.24, 2.45) is 0 Å². The van der Waals surface area contributed by atoms with Crippen molar-refractivity contribution in [2.75, 3.05) is 14.2 Å². The van der Waals surface area contributed by atoms with E-state index in [-0.39, 0.29) is 22.7 Å². The predicted octanol–water partition coefficient (Wildman–Crippen LogP) is 17.3. The summed E-state index contributed by atoms with van der Waals surface area (Å²) in [4.78, 5) is 20.2. The highest BCUT2D eigenvalue weighted by molar-refractivity contribution is 7.71. The number of halogens is 1. The van der Waals surface area contributed by atoms with Gasteiger partial charge in [0, 0.05) is 49.0 Å². The third kappa shape index (κ3) is 17.5. The molecule has 2 aromatic carbocycles. The summed E-state index contributed by atoms with van der Waals surface area (Å²) >= 11 is 21.7. The van der Waals surface area contributed by atoms with Crippen LogP contribution in [0.15, 0.2) is 86.4 Å². The minimum Gasteiger partial charge on any atom is -0.505 e. The molecule has 0 radical (unpaired) electrons. The van der Waals surface area contributed by atoms with Crippen molar-refractivity contribution >= 4 is 70.5 Å². The molecule has 0 spiro atoms. The number of para-hydroxylation sites is 4. The van der Waals surface area contributed by atoms with Crippen molar-refractivity contribution in [3.8, 4) is 29.1 Å². The van der Waals surface area contributed by atoms with E-state index in [1.54, 1.807) is 23.8 Å². The Labute approximate surface area is 475 Å². The quantitative estimate of drug-likeness (QED) is 0.0922. The number of rotatable bonds is 16. The fraction of sp³-hybridized carbons (Fsp3) is 0.433. The van der Waals surface area contributed by atoms with E-state index in [2.05, 4.69) is 74.5 Å². The Morgan fingerprint density at radius 2 is 0.896 bits per heavy atom. The monoisotopic (exact) mass is 1130 g/mol. The summed E-state index contributed by atoms with van der Waals surface area (Å²) in [7, 11) is 3.21. The first-order valence-electron chi connectivity index (χ1n) is 26.4. The maximum absolute atomic E-state index is 11.9. The molecule has 0 atom stereocenters. The Kier molecular flexibility index (Phi) is 25.8. The molecular weight excluding hydrogens is 1050 g/mol. The first-order chi connectivity index (χ1) is 36.8. The number of unbranched alkanes of at least 4 members (excludes halogenated alkanes) is 4. The van der Waals surface area contributed by atoms with Crippen LogP contribution in [0.3, 0.4) is 0 Å². The average molecular weight is 1130 g/mol. The molecule has 6 aromatic heterocycles. The molecule has 1 N–H and O–H groups in total. The number of aryl methyl sites for hydroxylation is 4. The lowest BCUT2D eigenvalue weighted by molar-refractivity contribution is 0.338. The Morgan fingerprint density at radius 1 is 0.519 bits per heavy atom. The number of hydrogen-bond acceptors (Lipinski definition) is 12. The van der Waals surface area contributed by atoms with Crippen LogP contribution in [0.4, 0.5) is 0 Å². The number of hydrogen-bond donors (Lipinski definition) is 1. The summed E-state index contributed by atoms with van der Waals surface area (Å²) in [5.41, 5.74) is 12.2. The SMILES string of the molecule is CCCCn1c(C)c(C)cc(O)c1=S.CCCCn1c(C)c(C)cc(OC)c1=O.CCCCn1c(C)c(C)cc(OC)c1=S.CCCCn1c(C)c(C)cc(Oc2nc3ccccc3o2)c1=S.Clc1nc2ccccc2o1. The first kappa shape index (κ1) is 63.5. The minimum absolute atomic E-state index is 0.0194. The van der Waals surface area contributed by atoms with Gasteiger partial charge in [-0.1, -0.05) is 114 Å². The maximum atomic E-state index is 11.9. The molecule has 8 rings (SSSR count). The summed E-state index contributed by atoms with van der Waals surface area (Å²) in [6.45, 7) is 28.5. The molecule has 8 aromatic rings. The van der Waals surface area contributed by atoms with E-state index in [1.165, 1.54) is 30.5 Å². The maximum Gasteiger partial charge on any atom is 0.400 e. The Balaban J connectivity index is 0.000000213. The standard InChI is InChI=1S/C18H20N2O2S.C12H19NO2.C12H19NOS.C11H17NOS.C7H4ClNO/c1-4-5-10-20-13(3)12(2)11-16(17(20)23)22-18-19-14-8-6-7-9-15(14)21-18;1-5-6-7-13-10(3)9(2)8-11(15-4)12(13)14;1-5-6-7-13-10(3)9(2)8-11(14-4)12(13)15;1-4-5-6-12-9(3)8(2)7-10(13)11(12)14;8-7-9-5-3-1-2-4-6(5)10-7/h6-9,11H,4-5,10H2,1-3H3;2*8H,5-7H2,1-4H3;7,13H,4-6H2,1-3H3;1-4H. The summed E-state index contributed by atoms with van der Waals surface area (Å²) in [5, 5.41) is 9.78. The zero-order valence-corrected chi connectivity index (χ0v) is 50.8. The van der Waals surface area contributed by atoms with Crippen LogP contribution in [0, 0.1) is 69.3 Å². The van der Waals surface area contributed by atoms with Gasteiger partial charge in [0.1, 0.15) is 25.0 Å². The van der Waals surface area contributed by atoms with Gasteiger partial charge in [0.25, 0.3) is 10.9 Å². The molecule has 0 aliphatic carbocycles. The Morgan fingerprint density at radius 3 is 1.35 bits per heavy atom. The lowest BCUT2D eigenvalue weighted by Crippen LogP contribution is -2.24. The van der Waals surface area contributed by atoms with Crippen LogP contribution in [-0.4, -0.2) is 47.6 Å². The van der Waals surface area contributed by atoms with Gasteiger partial charge in [-0.05, 0) is 163 Å². The highest BCUT2D eigenvalue weighted by atomic mass is 35.5. The number of pyridine rings is 4. The third-order valence-corrected chi connectivity index (χ3v) is 14.7. The number of fused-ring (bicyclic) bond motifs is 2. The van der Waals surface area contributed by atoms with Crippen LogP contribution in [0.1, 0.15) is 124 Å². The molecule has 0 unspecified atom stereocenters. The number of oxazole rings is 2. The van der Waals surface area contributed by atoms with Crippen LogP contribution in [0.2, 0.25) is 5.35 Å². The van der Waals surface area contributed by atoms with E-state index < -0.39 is 0 Å². The summed E-state index contributed by atoms with van der Waals surface area (Å²) in [6.07, 6.45) is 9.10. The normalized spacial score (nSPS) is 10.6. The van der Waals surface area contributed by atoms with Crippen molar-refractivity contribution in [2.45, 2.75) is 161 Å². The van der Waals surface area contributed by atoms with Gasteiger partial charge < -0.3 is 46.4 Å². The zero-order valence-electron chi connectivity index (χ0n) is 47.6. The first-order valence-corrected chi connectivity index (χ1v) is 28.0. The van der Waals surface area contributed by atoms with Crippen LogP contribution in [0.5, 0.6) is 29.1 Å². The highest BCUT2D eigenvalue weighted by Gasteiger charge is 2.14. The molecule has 0 amide bonds. The second-order valence-electron chi connectivity index (χ2n) is 18.8. The van der Waals surface area contributed by atoms with Gasteiger partial charge in [-0.25, -0.2) is 0 Å². The molecule has 416 valence electrons. The van der Waals surface area contributed by atoms with Crippen molar-refractivity contribution in [1.82, 2.24) is 28.2 Å². The van der Waals surface area contributed by atoms with Crippen molar-refractivity contribution in [3.05, 3.63) is 147 Å². The smallest absolute Gasteiger partial charge is 0.400 e. The molecule has 0 fully saturated rings. The fourth-order valence-corrected chi connectivity index (χ4v) is 9.16. The van der Waals surface area contributed by atoms with E-state index in [9.17, 15) is 9.90 Å². The van der Waals surface area contributed by atoms with Gasteiger partial charge >= 0.3 is 6.08 Å². The molecular formula is C60H79ClN6O7S3. The molecule has 77 heavy (non-hydrogen) atoms. The number of aromatic nitrogens is 6. The van der Waals surface area contributed by atoms with E-state index in [0.717, 1.165) is 126 Å². The van der Waals surface area contributed by atoms with Crippen molar-refractivity contribution in [1.29, 1.82) is 0 Å². The lowest BCUT2D eigenvalue weighted by Gasteiger charge is -2.15. The number of methoxy groups -OCH3 is 2. The molecule has 0 saturated carbocycles. The molecule has 17 heteroatoms. The number of ether oxygens (including phenoxy) is 3. The van der Waals surface area contributed by atoms with Crippen LogP contribution in [0.25, 0.3) is 22.2 Å². The lowest BCUT2D eigenvalue weighted by atomic mass is 10.2. The molecule has 0 aliphatic rings. The van der Waals surface area contributed by atoms with Gasteiger partial charge in [0.15, 0.2) is 34.2 Å². The van der Waals surface area contributed by atoms with Crippen LogP contribution >= 0.6 is 48.3 Å². The fourth-order valence-electron chi connectivity index (χ4n) is 8.00. The predicted molar refractivity (Wildman–Crippen MR) is 322 cm³/mol. The Hall–Kier alpha value is -6.07. The molecule has 0 saturated heterocycles. The number of benzene rings is 2. The molecule has 6 heterocycles. The second-order valence-corrected chi connectivity index (χ2v) is 20.2. The average Bonchev–Trinajstić information content (AvgIpc) is 4.02. The van der Waals surface area contributed by atoms with Gasteiger partial charge in [-0.2, -0.15) is 9.97 Å². The van der Waals surface area contributed by atoms with Gasteiger partial charge in [-0.3, -0.25) is 4.79 Å². The van der Waals surface area contributed by atoms with E-state index in [0.29, 0.717) is 26.4 Å². The van der Waals surface area contributed by atoms with Crippen molar-refractivity contribution in [3.63, 3.8) is 0 Å². The van der Waals surface area contributed by atoms with E-state index in [1.807, 2.05) is 92.9 Å². The second kappa shape index (κ2) is 31.4. The minimum atomic E-state index is -0.0194. The van der Waals surface area contributed by atoms with Gasteiger partial charge in [0.2, 0.25) is 0 Å². The molecule has 0 aliphatic heterocycles. The largest absolute Gasteiger partial charge is 0.505 e. The molecule has 13 nitrogen and oxygen atoms in total. The summed E-state index contributed by atoms with van der Waals surface area (Å²) in [6, 6.07) is 22.5. The third-order valence-electron chi connectivity index (χ3n) is 13.3. The van der Waals surface area contributed by atoms with Crippen molar-refractivity contribution < 1.29 is 28.2 Å². The molecule has 0 bridgehead atoms. The summed E-state index contributed by atoms with van der Waals surface area (Å²) < 4.78 is 37.0. The Bertz CT molecular complexity index is 3300. The van der Waals surface area contributed by atoms with E-state index in [4.69, 9.17) is 71.3 Å². The van der Waals surface area contributed by atoms with E-state index >= 15 is 0 Å². The van der Waals surface area contributed by atoms with Crippen LogP contribution < -0.4 is 19.8 Å². The number of aromatic hydroxyl groups is 1. The van der Waals surface area contributed by atoms with Gasteiger partial charge in [-0.15, -0.1) is 0 Å². The van der Waals surface area contributed by atoms with Crippen LogP contribution in [-0.2, 0) is 26.2 Å². The highest BCUT2D eigenvalue weighted by Crippen LogP contribution is 2.29. The topological polar surface area (TPSA) is 137 Å². The van der Waals surface area contributed by atoms with Gasteiger partial charge in [0.05, 0.1) is 14.2 Å².